The minimum atomic E-state index is -0.101. The van der Waals surface area contributed by atoms with Gasteiger partial charge in [0, 0.05) is 28.5 Å². The maximum absolute atomic E-state index is 12.5. The van der Waals surface area contributed by atoms with Crippen molar-refractivity contribution in [3.63, 3.8) is 0 Å². The van der Waals surface area contributed by atoms with E-state index in [-0.39, 0.29) is 18.4 Å². The van der Waals surface area contributed by atoms with E-state index < -0.39 is 0 Å². The summed E-state index contributed by atoms with van der Waals surface area (Å²) in [6.07, 6.45) is 5.62. The molecule has 2 aromatic heterocycles. The normalized spacial score (nSPS) is 11.8. The maximum Gasteiger partial charge on any atom is 0.226 e. The number of benzene rings is 2. The number of ether oxygens (including phenoxy) is 1. The molecule has 4 aromatic rings. The second-order valence-corrected chi connectivity index (χ2v) is 8.38. The molecule has 1 N–H and O–H groups in total. The molecular weight excluding hydrogens is 432 g/mol. The van der Waals surface area contributed by atoms with Crippen LogP contribution in [-0.4, -0.2) is 20.4 Å². The number of hydrogen-bond donors (Lipinski definition) is 1. The van der Waals surface area contributed by atoms with E-state index in [1.165, 1.54) is 11.3 Å². The monoisotopic (exact) mass is 452 g/mol. The quantitative estimate of drug-likeness (QED) is 0.409. The lowest BCUT2D eigenvalue weighted by molar-refractivity contribution is -0.121. The topological polar surface area (TPSA) is 69.0 Å². The highest BCUT2D eigenvalue weighted by Crippen LogP contribution is 2.19. The van der Waals surface area contributed by atoms with Crippen molar-refractivity contribution in [3.05, 3.63) is 93.9 Å². The molecule has 2 heterocycles. The van der Waals surface area contributed by atoms with Crippen LogP contribution in [0.4, 0.5) is 0 Å². The second kappa shape index (κ2) is 9.76. The van der Waals surface area contributed by atoms with Gasteiger partial charge in [-0.3, -0.25) is 4.79 Å². The molecule has 0 radical (unpaired) electrons. The smallest absolute Gasteiger partial charge is 0.226 e. The van der Waals surface area contributed by atoms with Crippen LogP contribution in [0, 0.1) is 0 Å². The number of imidazole rings is 1. The number of carbonyl (C=O) groups excluding carboxylic acids is 1. The molecule has 0 saturated heterocycles. The third-order valence-electron chi connectivity index (χ3n) is 4.69. The standard InChI is InChI=1S/C23H21ClN4O2S/c1-16(17-2-6-20(7-3-17)28-11-10-25-15-28)26-22(29)12-19-14-31-23(27-19)13-30-21-8-4-18(24)5-9-21/h2-11,14-16H,12-13H2,1H3,(H,26,29). The van der Waals surface area contributed by atoms with Crippen LogP contribution in [0.15, 0.2) is 72.6 Å². The van der Waals surface area contributed by atoms with Gasteiger partial charge >= 0.3 is 0 Å². The van der Waals surface area contributed by atoms with E-state index in [4.69, 9.17) is 16.3 Å². The SMILES string of the molecule is CC(NC(=O)Cc1csc(COc2ccc(Cl)cc2)n1)c1ccc(-n2ccnc2)cc1. The van der Waals surface area contributed by atoms with Crippen LogP contribution in [-0.2, 0) is 17.8 Å². The fourth-order valence-electron chi connectivity index (χ4n) is 3.06. The summed E-state index contributed by atoms with van der Waals surface area (Å²) in [5.74, 6) is 0.661. The van der Waals surface area contributed by atoms with Crippen molar-refractivity contribution in [2.75, 3.05) is 0 Å². The molecule has 0 saturated carbocycles. The molecule has 0 aliphatic carbocycles. The van der Waals surface area contributed by atoms with E-state index in [2.05, 4.69) is 15.3 Å². The highest BCUT2D eigenvalue weighted by atomic mass is 35.5. The molecule has 0 aliphatic heterocycles. The molecular formula is C23H21ClN4O2S. The molecule has 2 aromatic carbocycles. The Labute approximate surface area is 189 Å². The Morgan fingerprint density at radius 1 is 1.19 bits per heavy atom. The number of amides is 1. The highest BCUT2D eigenvalue weighted by molar-refractivity contribution is 7.09. The van der Waals surface area contributed by atoms with Gasteiger partial charge in [0.1, 0.15) is 17.4 Å². The Morgan fingerprint density at radius 3 is 2.68 bits per heavy atom. The first kappa shape index (κ1) is 21.1. The Morgan fingerprint density at radius 2 is 1.97 bits per heavy atom. The molecule has 1 amide bonds. The van der Waals surface area contributed by atoms with E-state index in [0.29, 0.717) is 11.6 Å². The van der Waals surface area contributed by atoms with Crippen LogP contribution in [0.5, 0.6) is 5.75 Å². The summed E-state index contributed by atoms with van der Waals surface area (Å²) in [4.78, 5) is 21.0. The molecule has 0 bridgehead atoms. The summed E-state index contributed by atoms with van der Waals surface area (Å²) in [7, 11) is 0. The first-order valence-electron chi connectivity index (χ1n) is 9.76. The van der Waals surface area contributed by atoms with E-state index in [9.17, 15) is 4.79 Å². The van der Waals surface area contributed by atoms with Gasteiger partial charge in [-0.05, 0) is 48.9 Å². The summed E-state index contributed by atoms with van der Waals surface area (Å²) in [5.41, 5.74) is 2.79. The van der Waals surface area contributed by atoms with Gasteiger partial charge in [-0.2, -0.15) is 0 Å². The fourth-order valence-corrected chi connectivity index (χ4v) is 3.89. The average molecular weight is 453 g/mol. The van der Waals surface area contributed by atoms with Gasteiger partial charge in [-0.25, -0.2) is 9.97 Å². The van der Waals surface area contributed by atoms with E-state index >= 15 is 0 Å². The van der Waals surface area contributed by atoms with E-state index in [1.54, 1.807) is 24.7 Å². The van der Waals surface area contributed by atoms with Crippen molar-refractivity contribution < 1.29 is 9.53 Å². The molecule has 0 fully saturated rings. The summed E-state index contributed by atoms with van der Waals surface area (Å²) in [5, 5.41) is 6.41. The zero-order valence-corrected chi connectivity index (χ0v) is 18.4. The lowest BCUT2D eigenvalue weighted by atomic mass is 10.1. The first-order valence-corrected chi connectivity index (χ1v) is 11.0. The average Bonchev–Trinajstić information content (AvgIpc) is 3.46. The van der Waals surface area contributed by atoms with Crippen LogP contribution in [0.25, 0.3) is 5.69 Å². The zero-order valence-electron chi connectivity index (χ0n) is 16.9. The Hall–Kier alpha value is -3.16. The van der Waals surface area contributed by atoms with Crippen LogP contribution in [0.2, 0.25) is 5.02 Å². The fraction of sp³-hybridized carbons (Fsp3) is 0.174. The third-order valence-corrected chi connectivity index (χ3v) is 5.81. The zero-order chi connectivity index (χ0) is 21.6. The maximum atomic E-state index is 12.5. The number of rotatable bonds is 8. The minimum Gasteiger partial charge on any atom is -0.486 e. The van der Waals surface area contributed by atoms with Crippen LogP contribution < -0.4 is 10.1 Å². The molecule has 4 rings (SSSR count). The van der Waals surface area contributed by atoms with Gasteiger partial charge in [0.15, 0.2) is 0 Å². The molecule has 1 unspecified atom stereocenters. The lowest BCUT2D eigenvalue weighted by Crippen LogP contribution is -2.28. The number of nitrogens with zero attached hydrogens (tertiary/aromatic N) is 3. The predicted molar refractivity (Wildman–Crippen MR) is 122 cm³/mol. The van der Waals surface area contributed by atoms with Gasteiger partial charge in [-0.1, -0.05) is 23.7 Å². The number of nitrogens with one attached hydrogen (secondary N) is 1. The molecule has 6 nitrogen and oxygen atoms in total. The van der Waals surface area contributed by atoms with Crippen molar-refractivity contribution in [1.29, 1.82) is 0 Å². The van der Waals surface area contributed by atoms with E-state index in [0.717, 1.165) is 27.7 Å². The van der Waals surface area contributed by atoms with E-state index in [1.807, 2.05) is 59.5 Å². The van der Waals surface area contributed by atoms with Crippen LogP contribution in [0.3, 0.4) is 0 Å². The number of thiazole rings is 1. The van der Waals surface area contributed by atoms with Gasteiger partial charge in [0.2, 0.25) is 5.91 Å². The largest absolute Gasteiger partial charge is 0.486 e. The summed E-state index contributed by atoms with van der Waals surface area (Å²) >= 11 is 7.36. The number of carbonyl (C=O) groups is 1. The predicted octanol–water partition coefficient (Wildman–Crippen LogP) is 4.98. The Bertz CT molecular complexity index is 1130. The minimum absolute atomic E-state index is 0.0679. The summed E-state index contributed by atoms with van der Waals surface area (Å²) in [6, 6.07) is 15.1. The van der Waals surface area contributed by atoms with Crippen molar-refractivity contribution in [2.24, 2.45) is 0 Å². The summed E-state index contributed by atoms with van der Waals surface area (Å²) < 4.78 is 7.64. The number of hydrogen-bond acceptors (Lipinski definition) is 5. The van der Waals surface area contributed by atoms with Gasteiger partial charge in [-0.15, -0.1) is 11.3 Å². The first-order chi connectivity index (χ1) is 15.1. The second-order valence-electron chi connectivity index (χ2n) is 7.00. The Kier molecular flexibility index (Phi) is 6.64. The molecule has 31 heavy (non-hydrogen) atoms. The molecule has 158 valence electrons. The number of aromatic nitrogens is 3. The van der Waals surface area contributed by atoms with Crippen molar-refractivity contribution >= 4 is 28.8 Å². The molecule has 0 spiro atoms. The van der Waals surface area contributed by atoms with Crippen LogP contribution >= 0.6 is 22.9 Å². The van der Waals surface area contributed by atoms with Crippen molar-refractivity contribution in [3.8, 4) is 11.4 Å². The van der Waals surface area contributed by atoms with Crippen molar-refractivity contribution in [1.82, 2.24) is 19.9 Å². The number of halogens is 1. The Balaban J connectivity index is 1.28. The molecule has 1 atom stereocenters. The molecule has 8 heteroatoms. The van der Waals surface area contributed by atoms with Gasteiger partial charge in [0.05, 0.1) is 24.5 Å². The third kappa shape index (κ3) is 5.71. The molecule has 0 aliphatic rings. The highest BCUT2D eigenvalue weighted by Gasteiger charge is 2.13. The van der Waals surface area contributed by atoms with Crippen LogP contribution in [0.1, 0.15) is 29.2 Å². The summed E-state index contributed by atoms with van der Waals surface area (Å²) in [6.45, 7) is 2.32. The lowest BCUT2D eigenvalue weighted by Gasteiger charge is -2.14. The van der Waals surface area contributed by atoms with Gasteiger partial charge < -0.3 is 14.6 Å². The van der Waals surface area contributed by atoms with Crippen molar-refractivity contribution in [2.45, 2.75) is 26.0 Å². The van der Waals surface area contributed by atoms with Gasteiger partial charge in [0.25, 0.3) is 0 Å².